The molecular formula is C19H10Cl2F3N3O2. The fourth-order valence-corrected chi connectivity index (χ4v) is 3.33. The summed E-state index contributed by atoms with van der Waals surface area (Å²) in [5.41, 5.74) is -2.34. The molecule has 0 bridgehead atoms. The molecule has 2 aromatic carbocycles. The number of benzene rings is 2. The number of aromatic nitrogens is 3. The number of alkyl halides is 3. The number of nitrogens with zero attached hydrogens (tertiary/aromatic N) is 2. The zero-order valence-corrected chi connectivity index (χ0v) is 15.8. The van der Waals surface area contributed by atoms with E-state index in [9.17, 15) is 23.1 Å². The SMILES string of the molecule is O=c1c(-c2ccccc2O)cnc2c(-c3ccc(Cl)c(Cl)c3)c(C(F)(F)F)[nH]n12. The van der Waals surface area contributed by atoms with Crippen molar-refractivity contribution < 1.29 is 18.3 Å². The predicted molar refractivity (Wildman–Crippen MR) is 103 cm³/mol. The smallest absolute Gasteiger partial charge is 0.433 e. The number of aromatic amines is 1. The molecule has 4 rings (SSSR count). The molecule has 0 aliphatic rings. The van der Waals surface area contributed by atoms with E-state index in [1.165, 1.54) is 30.3 Å². The van der Waals surface area contributed by atoms with Crippen molar-refractivity contribution in [2.45, 2.75) is 6.18 Å². The van der Waals surface area contributed by atoms with E-state index < -0.39 is 17.4 Å². The van der Waals surface area contributed by atoms with Crippen molar-refractivity contribution in [1.82, 2.24) is 14.6 Å². The van der Waals surface area contributed by atoms with Gasteiger partial charge in [0.15, 0.2) is 5.65 Å². The van der Waals surface area contributed by atoms with Crippen LogP contribution in [-0.4, -0.2) is 19.7 Å². The fourth-order valence-electron chi connectivity index (χ4n) is 3.03. The van der Waals surface area contributed by atoms with Crippen LogP contribution >= 0.6 is 23.2 Å². The lowest BCUT2D eigenvalue weighted by molar-refractivity contribution is -0.140. The van der Waals surface area contributed by atoms with E-state index in [2.05, 4.69) is 10.1 Å². The van der Waals surface area contributed by atoms with Crippen LogP contribution in [0.1, 0.15) is 5.69 Å². The highest BCUT2D eigenvalue weighted by atomic mass is 35.5. The molecule has 0 spiro atoms. The van der Waals surface area contributed by atoms with Crippen molar-refractivity contribution in [3.63, 3.8) is 0 Å². The Labute approximate surface area is 170 Å². The molecule has 10 heteroatoms. The Balaban J connectivity index is 2.06. The third-order valence-corrected chi connectivity index (χ3v) is 5.08. The second-order valence-electron chi connectivity index (χ2n) is 6.14. The molecule has 0 radical (unpaired) electrons. The van der Waals surface area contributed by atoms with Gasteiger partial charge in [0.2, 0.25) is 0 Å². The van der Waals surface area contributed by atoms with Crippen molar-refractivity contribution in [3.8, 4) is 28.0 Å². The van der Waals surface area contributed by atoms with Crippen LogP contribution in [0.25, 0.3) is 27.9 Å². The molecule has 4 aromatic rings. The summed E-state index contributed by atoms with van der Waals surface area (Å²) in [6.07, 6.45) is -3.67. The number of hydrogen-bond donors (Lipinski definition) is 2. The normalized spacial score (nSPS) is 11.9. The lowest BCUT2D eigenvalue weighted by Crippen LogP contribution is -2.18. The van der Waals surface area contributed by atoms with Gasteiger partial charge in [0.25, 0.3) is 5.56 Å². The second kappa shape index (κ2) is 6.82. The van der Waals surface area contributed by atoms with E-state index in [0.717, 1.165) is 6.20 Å². The first-order valence-electron chi connectivity index (χ1n) is 8.13. The summed E-state index contributed by atoms with van der Waals surface area (Å²) in [6.45, 7) is 0. The van der Waals surface area contributed by atoms with Gasteiger partial charge in [0.1, 0.15) is 11.4 Å². The largest absolute Gasteiger partial charge is 0.507 e. The summed E-state index contributed by atoms with van der Waals surface area (Å²) in [7, 11) is 0. The number of phenolic OH excluding ortho intramolecular Hbond substituents is 1. The first kappa shape index (κ1) is 19.4. The molecule has 29 heavy (non-hydrogen) atoms. The Hall–Kier alpha value is -2.97. The van der Waals surface area contributed by atoms with Crippen molar-refractivity contribution in [3.05, 3.63) is 74.8 Å². The number of rotatable bonds is 2. The van der Waals surface area contributed by atoms with E-state index in [4.69, 9.17) is 23.2 Å². The van der Waals surface area contributed by atoms with Gasteiger partial charge >= 0.3 is 6.18 Å². The number of para-hydroxylation sites is 1. The summed E-state index contributed by atoms with van der Waals surface area (Å²) in [6, 6.07) is 9.95. The van der Waals surface area contributed by atoms with Crippen LogP contribution < -0.4 is 5.56 Å². The molecule has 148 valence electrons. The molecule has 0 atom stereocenters. The van der Waals surface area contributed by atoms with Crippen LogP contribution in [0.3, 0.4) is 0 Å². The predicted octanol–water partition coefficient (Wildman–Crippen LogP) is 5.39. The molecule has 0 aliphatic carbocycles. The number of phenols is 1. The minimum atomic E-state index is -4.80. The Bertz CT molecular complexity index is 1310. The van der Waals surface area contributed by atoms with E-state index in [-0.39, 0.29) is 43.7 Å². The minimum Gasteiger partial charge on any atom is -0.507 e. The molecule has 0 unspecified atom stereocenters. The van der Waals surface area contributed by atoms with E-state index >= 15 is 0 Å². The lowest BCUT2D eigenvalue weighted by Gasteiger charge is -2.08. The van der Waals surface area contributed by atoms with Crippen molar-refractivity contribution in [2.24, 2.45) is 0 Å². The average molecular weight is 440 g/mol. The summed E-state index contributed by atoms with van der Waals surface area (Å²) < 4.78 is 41.8. The third-order valence-electron chi connectivity index (χ3n) is 4.34. The molecule has 0 saturated carbocycles. The summed E-state index contributed by atoms with van der Waals surface area (Å²) in [4.78, 5) is 17.0. The average Bonchev–Trinajstić information content (AvgIpc) is 3.06. The van der Waals surface area contributed by atoms with Gasteiger partial charge < -0.3 is 5.11 Å². The van der Waals surface area contributed by atoms with E-state index in [1.54, 1.807) is 12.1 Å². The Morgan fingerprint density at radius 3 is 2.41 bits per heavy atom. The van der Waals surface area contributed by atoms with E-state index in [1.807, 2.05) is 0 Å². The Morgan fingerprint density at radius 2 is 1.76 bits per heavy atom. The Kier molecular flexibility index (Phi) is 4.55. The maximum absolute atomic E-state index is 13.7. The fraction of sp³-hybridized carbons (Fsp3) is 0.0526. The molecule has 2 heterocycles. The van der Waals surface area contributed by atoms with Gasteiger partial charge in [-0.15, -0.1) is 0 Å². The van der Waals surface area contributed by atoms with Gasteiger partial charge in [-0.25, -0.2) is 4.98 Å². The molecule has 2 N–H and O–H groups in total. The lowest BCUT2D eigenvalue weighted by atomic mass is 10.0. The molecule has 0 amide bonds. The van der Waals surface area contributed by atoms with Crippen molar-refractivity contribution in [1.29, 1.82) is 0 Å². The number of H-pyrrole nitrogens is 1. The van der Waals surface area contributed by atoms with Gasteiger partial charge in [0, 0.05) is 11.8 Å². The molecule has 5 nitrogen and oxygen atoms in total. The quantitative estimate of drug-likeness (QED) is 0.439. The second-order valence-corrected chi connectivity index (χ2v) is 6.96. The monoisotopic (exact) mass is 439 g/mol. The summed E-state index contributed by atoms with van der Waals surface area (Å²) in [5.74, 6) is -0.196. The van der Waals surface area contributed by atoms with Gasteiger partial charge in [-0.05, 0) is 23.8 Å². The highest BCUT2D eigenvalue weighted by Crippen LogP contribution is 2.40. The summed E-state index contributed by atoms with van der Waals surface area (Å²) >= 11 is 11.8. The van der Waals surface area contributed by atoms with Crippen LogP contribution in [0.4, 0.5) is 13.2 Å². The highest BCUT2D eigenvalue weighted by Gasteiger charge is 2.38. The number of nitrogens with one attached hydrogen (secondary N) is 1. The standard InChI is InChI=1S/C19H10Cl2F3N3O2/c20-12-6-5-9(7-13(12)21)15-16(19(22,23)24)26-27-17(15)25-8-11(18(27)29)10-3-1-2-4-14(10)28/h1-8,26,28H. The van der Waals surface area contributed by atoms with Crippen molar-refractivity contribution >= 4 is 28.8 Å². The minimum absolute atomic E-state index is 0.0590. The van der Waals surface area contributed by atoms with Gasteiger partial charge in [-0.2, -0.15) is 17.7 Å². The molecule has 0 aliphatic heterocycles. The zero-order valence-electron chi connectivity index (χ0n) is 14.3. The first-order valence-corrected chi connectivity index (χ1v) is 8.89. The van der Waals surface area contributed by atoms with Crippen LogP contribution in [-0.2, 0) is 6.18 Å². The highest BCUT2D eigenvalue weighted by molar-refractivity contribution is 6.42. The number of hydrogen-bond acceptors (Lipinski definition) is 3. The maximum Gasteiger partial charge on any atom is 0.433 e. The van der Waals surface area contributed by atoms with Gasteiger partial charge in [-0.1, -0.05) is 47.5 Å². The molecular weight excluding hydrogens is 430 g/mol. The molecule has 0 fully saturated rings. The van der Waals surface area contributed by atoms with Crippen LogP contribution in [0, 0.1) is 0 Å². The van der Waals surface area contributed by atoms with Crippen molar-refractivity contribution in [2.75, 3.05) is 0 Å². The number of halogens is 5. The number of fused-ring (bicyclic) bond motifs is 1. The number of aromatic hydroxyl groups is 1. The van der Waals surface area contributed by atoms with Gasteiger partial charge in [-0.3, -0.25) is 9.89 Å². The summed E-state index contributed by atoms with van der Waals surface area (Å²) in [5, 5.41) is 12.3. The molecule has 0 saturated heterocycles. The zero-order chi connectivity index (χ0) is 20.9. The first-order chi connectivity index (χ1) is 13.7. The molecule has 2 aromatic heterocycles. The Morgan fingerprint density at radius 1 is 1.03 bits per heavy atom. The van der Waals surface area contributed by atoms with Crippen LogP contribution in [0.5, 0.6) is 5.75 Å². The van der Waals surface area contributed by atoms with E-state index in [0.29, 0.717) is 4.52 Å². The maximum atomic E-state index is 13.7. The van der Waals surface area contributed by atoms with Crippen LogP contribution in [0.2, 0.25) is 10.0 Å². The third kappa shape index (κ3) is 3.24. The topological polar surface area (TPSA) is 70.4 Å². The van der Waals surface area contributed by atoms with Gasteiger partial charge in [0.05, 0.1) is 21.2 Å². The van der Waals surface area contributed by atoms with Crippen LogP contribution in [0.15, 0.2) is 53.5 Å².